The monoisotopic (exact) mass is 518 g/mol. The number of hydrazine groups is 1. The van der Waals surface area contributed by atoms with Gasteiger partial charge in [0.15, 0.2) is 12.7 Å². The molecule has 0 aromatic heterocycles. The first-order chi connectivity index (χ1) is 12.8. The lowest BCUT2D eigenvalue weighted by molar-refractivity contribution is -0.133. The number of halogens is 3. The number of aryl methyl sites for hydroxylation is 1. The minimum absolute atomic E-state index is 0.256. The molecule has 2 rings (SSSR count). The molecule has 0 aliphatic carbocycles. The normalized spacial score (nSPS) is 11.4. The van der Waals surface area contributed by atoms with E-state index in [0.29, 0.717) is 16.5 Å². The maximum atomic E-state index is 12.0. The molecule has 6 nitrogen and oxygen atoms in total. The van der Waals surface area contributed by atoms with Gasteiger partial charge in [0, 0.05) is 9.50 Å². The number of carbonyl (C=O) groups excluding carboxylic acids is 2. The standard InChI is InChI=1S/C18H17Br2ClN2O4/c1-10-7-12(19)8-15(20)17(10)26-9-16(24)22-23-18(25)11(2)27-14-5-3-13(21)4-6-14/h3-8,11H,9H2,1-2H3,(H,22,24)(H,23,25). The molecule has 0 aliphatic heterocycles. The van der Waals surface area contributed by atoms with Crippen LogP contribution in [0, 0.1) is 6.92 Å². The molecule has 0 bridgehead atoms. The van der Waals surface area contributed by atoms with Crippen molar-refractivity contribution in [3.63, 3.8) is 0 Å². The highest BCUT2D eigenvalue weighted by molar-refractivity contribution is 9.11. The number of nitrogens with one attached hydrogen (secondary N) is 2. The van der Waals surface area contributed by atoms with E-state index >= 15 is 0 Å². The quantitative estimate of drug-likeness (QED) is 0.561. The van der Waals surface area contributed by atoms with Crippen molar-refractivity contribution in [2.45, 2.75) is 20.0 Å². The van der Waals surface area contributed by atoms with Crippen LogP contribution in [0.1, 0.15) is 12.5 Å². The van der Waals surface area contributed by atoms with Crippen molar-refractivity contribution in [1.29, 1.82) is 0 Å². The molecule has 0 heterocycles. The predicted octanol–water partition coefficient (Wildman–Crippen LogP) is 4.17. The first-order valence-corrected chi connectivity index (χ1v) is 9.82. The topological polar surface area (TPSA) is 76.7 Å². The van der Waals surface area contributed by atoms with E-state index in [1.54, 1.807) is 31.2 Å². The highest BCUT2D eigenvalue weighted by Gasteiger charge is 2.16. The number of carbonyl (C=O) groups is 2. The van der Waals surface area contributed by atoms with Crippen LogP contribution in [0.3, 0.4) is 0 Å². The molecular formula is C18H17Br2ClN2O4. The van der Waals surface area contributed by atoms with Crippen LogP contribution in [0.25, 0.3) is 0 Å². The van der Waals surface area contributed by atoms with Crippen LogP contribution in [0.4, 0.5) is 0 Å². The van der Waals surface area contributed by atoms with Gasteiger partial charge in [0.1, 0.15) is 11.5 Å². The number of amides is 2. The van der Waals surface area contributed by atoms with E-state index < -0.39 is 17.9 Å². The lowest BCUT2D eigenvalue weighted by Gasteiger charge is -2.16. The van der Waals surface area contributed by atoms with Crippen LogP contribution >= 0.6 is 43.5 Å². The smallest absolute Gasteiger partial charge is 0.279 e. The molecule has 2 amide bonds. The molecule has 0 aliphatic rings. The maximum absolute atomic E-state index is 12.0. The predicted molar refractivity (Wildman–Crippen MR) is 110 cm³/mol. The molecule has 1 unspecified atom stereocenters. The second-order valence-electron chi connectivity index (χ2n) is 5.57. The summed E-state index contributed by atoms with van der Waals surface area (Å²) in [6, 6.07) is 10.3. The summed E-state index contributed by atoms with van der Waals surface area (Å²) in [7, 11) is 0. The third kappa shape index (κ3) is 6.71. The molecule has 0 saturated carbocycles. The summed E-state index contributed by atoms with van der Waals surface area (Å²) >= 11 is 12.6. The van der Waals surface area contributed by atoms with Gasteiger partial charge in [-0.3, -0.25) is 20.4 Å². The second-order valence-corrected chi connectivity index (χ2v) is 7.78. The third-order valence-electron chi connectivity index (χ3n) is 3.36. The van der Waals surface area contributed by atoms with Crippen molar-refractivity contribution >= 4 is 55.3 Å². The fourth-order valence-corrected chi connectivity index (χ4v) is 3.73. The van der Waals surface area contributed by atoms with E-state index in [0.717, 1.165) is 14.5 Å². The Bertz CT molecular complexity index is 808. The van der Waals surface area contributed by atoms with Gasteiger partial charge in [-0.25, -0.2) is 0 Å². The highest BCUT2D eigenvalue weighted by Crippen LogP contribution is 2.32. The molecular weight excluding hydrogens is 503 g/mol. The Morgan fingerprint density at radius 1 is 1.15 bits per heavy atom. The van der Waals surface area contributed by atoms with E-state index in [1.165, 1.54) is 0 Å². The van der Waals surface area contributed by atoms with E-state index in [1.807, 2.05) is 19.1 Å². The average molecular weight is 521 g/mol. The maximum Gasteiger partial charge on any atom is 0.279 e. The number of benzene rings is 2. The largest absolute Gasteiger partial charge is 0.482 e. The summed E-state index contributed by atoms with van der Waals surface area (Å²) in [5, 5.41) is 0.569. The number of rotatable bonds is 6. The van der Waals surface area contributed by atoms with Gasteiger partial charge in [0.2, 0.25) is 0 Å². The summed E-state index contributed by atoms with van der Waals surface area (Å²) in [6.45, 7) is 3.17. The van der Waals surface area contributed by atoms with Gasteiger partial charge in [-0.1, -0.05) is 27.5 Å². The number of hydrogen-bond acceptors (Lipinski definition) is 4. The van der Waals surface area contributed by atoms with Gasteiger partial charge >= 0.3 is 0 Å². The van der Waals surface area contributed by atoms with Gasteiger partial charge in [-0.2, -0.15) is 0 Å². The zero-order valence-electron chi connectivity index (χ0n) is 14.5. The van der Waals surface area contributed by atoms with Crippen molar-refractivity contribution in [1.82, 2.24) is 10.9 Å². The Kier molecular flexibility index (Phi) is 7.94. The second kappa shape index (κ2) is 9.96. The average Bonchev–Trinajstić information content (AvgIpc) is 2.60. The van der Waals surface area contributed by atoms with Crippen molar-refractivity contribution < 1.29 is 19.1 Å². The number of ether oxygens (including phenoxy) is 2. The lowest BCUT2D eigenvalue weighted by atomic mass is 10.2. The van der Waals surface area contributed by atoms with Crippen LogP contribution in [0.2, 0.25) is 5.02 Å². The van der Waals surface area contributed by atoms with Crippen LogP contribution in [-0.4, -0.2) is 24.5 Å². The van der Waals surface area contributed by atoms with Crippen LogP contribution < -0.4 is 20.3 Å². The van der Waals surface area contributed by atoms with Gasteiger partial charge in [-0.05, 0) is 71.7 Å². The fraction of sp³-hybridized carbons (Fsp3) is 0.222. The first kappa shape index (κ1) is 21.5. The first-order valence-electron chi connectivity index (χ1n) is 7.85. The Labute approximate surface area is 178 Å². The SMILES string of the molecule is Cc1cc(Br)cc(Br)c1OCC(=O)NNC(=O)C(C)Oc1ccc(Cl)cc1. The Morgan fingerprint density at radius 2 is 1.81 bits per heavy atom. The zero-order valence-corrected chi connectivity index (χ0v) is 18.4. The van der Waals surface area contributed by atoms with E-state index in [-0.39, 0.29) is 6.61 Å². The van der Waals surface area contributed by atoms with Gasteiger partial charge in [0.25, 0.3) is 11.8 Å². The minimum atomic E-state index is -0.810. The molecule has 2 aromatic rings. The molecule has 144 valence electrons. The molecule has 2 aromatic carbocycles. The Hall–Kier alpha value is -1.77. The molecule has 0 radical (unpaired) electrons. The van der Waals surface area contributed by atoms with Crippen molar-refractivity contribution in [2.75, 3.05) is 6.61 Å². The molecule has 0 saturated heterocycles. The number of hydrogen-bond donors (Lipinski definition) is 2. The fourth-order valence-electron chi connectivity index (χ4n) is 2.05. The zero-order chi connectivity index (χ0) is 20.0. The minimum Gasteiger partial charge on any atom is -0.482 e. The van der Waals surface area contributed by atoms with Crippen molar-refractivity contribution in [2.24, 2.45) is 0 Å². The molecule has 0 spiro atoms. The summed E-state index contributed by atoms with van der Waals surface area (Å²) in [6.07, 6.45) is -0.810. The van der Waals surface area contributed by atoms with Crippen LogP contribution in [0.15, 0.2) is 45.3 Å². The van der Waals surface area contributed by atoms with Gasteiger partial charge in [0.05, 0.1) is 4.47 Å². The Morgan fingerprint density at radius 3 is 2.44 bits per heavy atom. The van der Waals surface area contributed by atoms with Crippen molar-refractivity contribution in [3.8, 4) is 11.5 Å². The summed E-state index contributed by atoms with van der Waals surface area (Å²) in [5.41, 5.74) is 5.45. The van der Waals surface area contributed by atoms with Crippen molar-refractivity contribution in [3.05, 3.63) is 55.9 Å². The van der Waals surface area contributed by atoms with Gasteiger partial charge in [-0.15, -0.1) is 0 Å². The van der Waals surface area contributed by atoms with Crippen LogP contribution in [-0.2, 0) is 9.59 Å². The third-order valence-corrected chi connectivity index (χ3v) is 4.66. The molecule has 1 atom stereocenters. The van der Waals surface area contributed by atoms with Gasteiger partial charge < -0.3 is 9.47 Å². The summed E-state index contributed by atoms with van der Waals surface area (Å²) in [5.74, 6) is 0.0435. The Balaban J connectivity index is 1.79. The van der Waals surface area contributed by atoms with Crippen LogP contribution in [0.5, 0.6) is 11.5 Å². The molecule has 9 heteroatoms. The molecule has 2 N–H and O–H groups in total. The lowest BCUT2D eigenvalue weighted by Crippen LogP contribution is -2.48. The molecule has 0 fully saturated rings. The van der Waals surface area contributed by atoms with E-state index in [9.17, 15) is 9.59 Å². The van der Waals surface area contributed by atoms with E-state index in [2.05, 4.69) is 42.7 Å². The highest BCUT2D eigenvalue weighted by atomic mass is 79.9. The summed E-state index contributed by atoms with van der Waals surface area (Å²) in [4.78, 5) is 23.9. The van der Waals surface area contributed by atoms with E-state index in [4.69, 9.17) is 21.1 Å². The molecule has 27 heavy (non-hydrogen) atoms. The summed E-state index contributed by atoms with van der Waals surface area (Å²) < 4.78 is 12.6.